The van der Waals surface area contributed by atoms with Crippen LogP contribution in [0.15, 0.2) is 23.3 Å². The summed E-state index contributed by atoms with van der Waals surface area (Å²) in [6, 6.07) is 3.62. The molecule has 5 heteroatoms. The van der Waals surface area contributed by atoms with Gasteiger partial charge in [0.05, 0.1) is 23.3 Å². The van der Waals surface area contributed by atoms with E-state index in [0.29, 0.717) is 11.0 Å². The molecule has 0 bridgehead atoms. The molecular formula is C8H6N4O. The molecule has 0 aliphatic carbocycles. The zero-order chi connectivity index (χ0) is 9.26. The smallest absolute Gasteiger partial charge is 0.304 e. The number of hydrogen-bond donors (Lipinski definition) is 1. The molecule has 2 heterocycles. The third-order valence-electron chi connectivity index (χ3n) is 1.80. The number of aromatic amines is 1. The Morgan fingerprint density at radius 2 is 2.54 bits per heavy atom. The number of nitriles is 1. The standard InChI is InChI=1S/C8H6N4O/c9-2-4-12-7-1-3-10-5-6(7)11-8(12)13/h1,3,5H,4H2,(H,11,13). The monoisotopic (exact) mass is 174 g/mol. The van der Waals surface area contributed by atoms with Crippen LogP contribution >= 0.6 is 0 Å². The van der Waals surface area contributed by atoms with E-state index in [9.17, 15) is 4.79 Å². The summed E-state index contributed by atoms with van der Waals surface area (Å²) in [5.41, 5.74) is 1.09. The molecular weight excluding hydrogens is 168 g/mol. The van der Waals surface area contributed by atoms with Crippen LogP contribution in [0.1, 0.15) is 0 Å². The van der Waals surface area contributed by atoms with Crippen LogP contribution in [0.5, 0.6) is 0 Å². The fourth-order valence-electron chi connectivity index (χ4n) is 1.24. The average Bonchev–Trinajstić information content (AvgIpc) is 2.44. The highest BCUT2D eigenvalue weighted by molar-refractivity contribution is 5.73. The molecule has 2 aromatic heterocycles. The molecule has 0 unspecified atom stereocenters. The zero-order valence-corrected chi connectivity index (χ0v) is 6.69. The first-order valence-corrected chi connectivity index (χ1v) is 3.72. The molecule has 0 aliphatic rings. The Balaban J connectivity index is 2.80. The van der Waals surface area contributed by atoms with E-state index in [1.807, 2.05) is 6.07 Å². The Morgan fingerprint density at radius 1 is 1.69 bits per heavy atom. The zero-order valence-electron chi connectivity index (χ0n) is 6.69. The van der Waals surface area contributed by atoms with Crippen LogP contribution in [0.2, 0.25) is 0 Å². The Labute approximate surface area is 73.3 Å². The Kier molecular flexibility index (Phi) is 1.60. The predicted octanol–water partition coefficient (Wildman–Crippen LogP) is 0.248. The maximum atomic E-state index is 11.3. The van der Waals surface area contributed by atoms with Crippen LogP contribution < -0.4 is 5.69 Å². The van der Waals surface area contributed by atoms with E-state index in [1.54, 1.807) is 18.5 Å². The van der Waals surface area contributed by atoms with Gasteiger partial charge in [-0.3, -0.25) is 9.55 Å². The van der Waals surface area contributed by atoms with Gasteiger partial charge >= 0.3 is 5.69 Å². The second kappa shape index (κ2) is 2.75. The molecule has 0 spiro atoms. The second-order valence-corrected chi connectivity index (χ2v) is 2.57. The fourth-order valence-corrected chi connectivity index (χ4v) is 1.24. The van der Waals surface area contributed by atoms with Crippen LogP contribution in [0, 0.1) is 11.3 Å². The van der Waals surface area contributed by atoms with E-state index in [0.717, 1.165) is 0 Å². The van der Waals surface area contributed by atoms with Gasteiger partial charge in [-0.25, -0.2) is 4.79 Å². The predicted molar refractivity (Wildman–Crippen MR) is 46.0 cm³/mol. The quantitative estimate of drug-likeness (QED) is 0.673. The van der Waals surface area contributed by atoms with E-state index >= 15 is 0 Å². The molecule has 0 atom stereocenters. The minimum absolute atomic E-state index is 0.0584. The summed E-state index contributed by atoms with van der Waals surface area (Å²) < 4.78 is 1.37. The van der Waals surface area contributed by atoms with E-state index in [-0.39, 0.29) is 12.2 Å². The Morgan fingerprint density at radius 3 is 3.31 bits per heavy atom. The SMILES string of the molecule is N#CCn1c(=O)[nH]c2cnccc21. The van der Waals surface area contributed by atoms with Gasteiger partial charge in [-0.1, -0.05) is 0 Å². The lowest BCUT2D eigenvalue weighted by atomic mass is 10.4. The number of imidazole rings is 1. The topological polar surface area (TPSA) is 74.5 Å². The van der Waals surface area contributed by atoms with Crippen LogP contribution in [-0.4, -0.2) is 14.5 Å². The van der Waals surface area contributed by atoms with Crippen molar-refractivity contribution < 1.29 is 0 Å². The minimum atomic E-state index is -0.274. The van der Waals surface area contributed by atoms with Crippen molar-refractivity contribution in [2.75, 3.05) is 0 Å². The van der Waals surface area contributed by atoms with Gasteiger partial charge in [0, 0.05) is 6.20 Å². The van der Waals surface area contributed by atoms with Gasteiger partial charge in [0.1, 0.15) is 6.54 Å². The Bertz CT molecular complexity index is 531. The number of pyridine rings is 1. The second-order valence-electron chi connectivity index (χ2n) is 2.57. The lowest BCUT2D eigenvalue weighted by molar-refractivity contribution is 0.817. The van der Waals surface area contributed by atoms with Crippen molar-refractivity contribution in [3.63, 3.8) is 0 Å². The van der Waals surface area contributed by atoms with Crippen molar-refractivity contribution in [3.8, 4) is 6.07 Å². The number of fused-ring (bicyclic) bond motifs is 1. The molecule has 0 radical (unpaired) electrons. The van der Waals surface area contributed by atoms with Crippen molar-refractivity contribution in [1.29, 1.82) is 5.26 Å². The summed E-state index contributed by atoms with van der Waals surface area (Å²) in [5, 5.41) is 8.48. The third-order valence-corrected chi connectivity index (χ3v) is 1.80. The summed E-state index contributed by atoms with van der Waals surface area (Å²) in [4.78, 5) is 17.7. The van der Waals surface area contributed by atoms with Crippen LogP contribution in [0.4, 0.5) is 0 Å². The van der Waals surface area contributed by atoms with Crippen LogP contribution in [0.3, 0.4) is 0 Å². The number of H-pyrrole nitrogens is 1. The summed E-state index contributed by atoms with van der Waals surface area (Å²) in [5.74, 6) is 0. The van der Waals surface area contributed by atoms with E-state index in [4.69, 9.17) is 5.26 Å². The number of nitrogens with zero attached hydrogens (tertiary/aromatic N) is 3. The van der Waals surface area contributed by atoms with Crippen molar-refractivity contribution in [2.24, 2.45) is 0 Å². The molecule has 1 N–H and O–H groups in total. The van der Waals surface area contributed by atoms with E-state index < -0.39 is 0 Å². The highest BCUT2D eigenvalue weighted by Gasteiger charge is 2.04. The molecule has 0 saturated heterocycles. The minimum Gasteiger partial charge on any atom is -0.304 e. The highest BCUT2D eigenvalue weighted by Crippen LogP contribution is 2.05. The lowest BCUT2D eigenvalue weighted by Crippen LogP contribution is -2.15. The van der Waals surface area contributed by atoms with Gasteiger partial charge < -0.3 is 4.98 Å². The molecule has 5 nitrogen and oxygen atoms in total. The van der Waals surface area contributed by atoms with Gasteiger partial charge in [0.15, 0.2) is 0 Å². The number of rotatable bonds is 1. The van der Waals surface area contributed by atoms with Crippen LogP contribution in [-0.2, 0) is 6.54 Å². The summed E-state index contributed by atoms with van der Waals surface area (Å²) in [6.07, 6.45) is 3.15. The van der Waals surface area contributed by atoms with E-state index in [2.05, 4.69) is 9.97 Å². The van der Waals surface area contributed by atoms with Crippen molar-refractivity contribution in [1.82, 2.24) is 14.5 Å². The number of nitrogens with one attached hydrogen (secondary N) is 1. The van der Waals surface area contributed by atoms with Gasteiger partial charge in [-0.15, -0.1) is 0 Å². The maximum absolute atomic E-state index is 11.3. The third kappa shape index (κ3) is 1.08. The molecule has 2 rings (SSSR count). The molecule has 0 amide bonds. The first-order chi connectivity index (χ1) is 6.33. The fraction of sp³-hybridized carbons (Fsp3) is 0.125. The Hall–Kier alpha value is -2.09. The number of aromatic nitrogens is 3. The first-order valence-electron chi connectivity index (χ1n) is 3.72. The van der Waals surface area contributed by atoms with Gasteiger partial charge in [0.2, 0.25) is 0 Å². The maximum Gasteiger partial charge on any atom is 0.327 e. The summed E-state index contributed by atoms with van der Waals surface area (Å²) >= 11 is 0. The molecule has 0 aliphatic heterocycles. The molecule has 2 aromatic rings. The van der Waals surface area contributed by atoms with Gasteiger partial charge in [-0.05, 0) is 6.07 Å². The van der Waals surface area contributed by atoms with Crippen molar-refractivity contribution >= 4 is 11.0 Å². The molecule has 64 valence electrons. The normalized spacial score (nSPS) is 10.1. The molecule has 0 aromatic carbocycles. The highest BCUT2D eigenvalue weighted by atomic mass is 16.1. The van der Waals surface area contributed by atoms with Crippen LogP contribution in [0.25, 0.3) is 11.0 Å². The average molecular weight is 174 g/mol. The molecule has 13 heavy (non-hydrogen) atoms. The largest absolute Gasteiger partial charge is 0.327 e. The van der Waals surface area contributed by atoms with Gasteiger partial charge in [-0.2, -0.15) is 5.26 Å². The van der Waals surface area contributed by atoms with Crippen molar-refractivity contribution in [3.05, 3.63) is 28.9 Å². The van der Waals surface area contributed by atoms with E-state index in [1.165, 1.54) is 4.57 Å². The van der Waals surface area contributed by atoms with Gasteiger partial charge in [0.25, 0.3) is 0 Å². The lowest BCUT2D eigenvalue weighted by Gasteiger charge is -1.93. The summed E-state index contributed by atoms with van der Waals surface area (Å²) in [6.45, 7) is 0.0584. The van der Waals surface area contributed by atoms with Crippen molar-refractivity contribution in [2.45, 2.75) is 6.54 Å². The molecule has 0 fully saturated rings. The first kappa shape index (κ1) is 7.55. The molecule has 0 saturated carbocycles. The number of hydrogen-bond acceptors (Lipinski definition) is 3. The summed E-state index contributed by atoms with van der Waals surface area (Å²) in [7, 11) is 0.